The average molecular weight is 282 g/mol. The maximum Gasteiger partial charge on any atom is 0.201 e. The van der Waals surface area contributed by atoms with Crippen molar-refractivity contribution in [1.82, 2.24) is 0 Å². The van der Waals surface area contributed by atoms with Crippen LogP contribution in [-0.2, 0) is 0 Å². The Morgan fingerprint density at radius 1 is 0.857 bits per heavy atom. The van der Waals surface area contributed by atoms with Gasteiger partial charge in [-0.1, -0.05) is 36.4 Å². The first-order valence-corrected chi connectivity index (χ1v) is 6.73. The number of phenols is 2. The number of phenolic OH excluding ortho intramolecular Hbond substituents is 2. The lowest BCUT2D eigenvalue weighted by Crippen LogP contribution is -1.87. The molecular weight excluding hydrogens is 264 g/mol. The highest BCUT2D eigenvalue weighted by Crippen LogP contribution is 2.39. The molecule has 0 radical (unpaired) electrons. The summed E-state index contributed by atoms with van der Waals surface area (Å²) in [7, 11) is 0. The summed E-state index contributed by atoms with van der Waals surface area (Å²) in [4.78, 5) is 0. The van der Waals surface area contributed by atoms with Crippen molar-refractivity contribution >= 4 is 12.2 Å². The molecule has 2 N–H and O–H groups in total. The SMILES string of the molecule is CC=Cc1ccc(Oc2cc(C=CC)cc(O)c2O)cc1. The van der Waals surface area contributed by atoms with Crippen LogP contribution in [-0.4, -0.2) is 10.2 Å². The van der Waals surface area contributed by atoms with Crippen molar-refractivity contribution < 1.29 is 14.9 Å². The summed E-state index contributed by atoms with van der Waals surface area (Å²) in [5.41, 5.74) is 1.83. The third-order valence-electron chi connectivity index (χ3n) is 2.90. The van der Waals surface area contributed by atoms with E-state index in [1.165, 1.54) is 6.07 Å². The van der Waals surface area contributed by atoms with E-state index in [0.717, 1.165) is 11.1 Å². The van der Waals surface area contributed by atoms with Crippen LogP contribution in [0.2, 0.25) is 0 Å². The highest BCUT2D eigenvalue weighted by Gasteiger charge is 2.10. The molecule has 2 aromatic rings. The van der Waals surface area contributed by atoms with Gasteiger partial charge in [0.1, 0.15) is 5.75 Å². The fourth-order valence-corrected chi connectivity index (χ4v) is 1.95. The quantitative estimate of drug-likeness (QED) is 0.779. The van der Waals surface area contributed by atoms with Crippen molar-refractivity contribution in [2.45, 2.75) is 13.8 Å². The Hall–Kier alpha value is -2.68. The Kier molecular flexibility index (Phi) is 4.67. The minimum Gasteiger partial charge on any atom is -0.504 e. The summed E-state index contributed by atoms with van der Waals surface area (Å²) in [5, 5.41) is 19.6. The minimum atomic E-state index is -0.263. The van der Waals surface area contributed by atoms with E-state index in [-0.39, 0.29) is 17.2 Å². The summed E-state index contributed by atoms with van der Waals surface area (Å²) in [5.74, 6) is 0.351. The minimum absolute atomic E-state index is 0.203. The molecule has 0 fully saturated rings. The third kappa shape index (κ3) is 3.66. The Morgan fingerprint density at radius 2 is 1.48 bits per heavy atom. The molecule has 0 aliphatic carbocycles. The molecule has 3 heteroatoms. The number of benzene rings is 2. The van der Waals surface area contributed by atoms with Gasteiger partial charge in [-0.25, -0.2) is 0 Å². The van der Waals surface area contributed by atoms with Gasteiger partial charge >= 0.3 is 0 Å². The average Bonchev–Trinajstić information content (AvgIpc) is 2.47. The van der Waals surface area contributed by atoms with Crippen LogP contribution < -0.4 is 4.74 Å². The molecular formula is C18H18O3. The zero-order chi connectivity index (χ0) is 15.2. The maximum absolute atomic E-state index is 9.88. The van der Waals surface area contributed by atoms with Crippen molar-refractivity contribution in [2.75, 3.05) is 0 Å². The molecule has 0 aromatic heterocycles. The molecule has 2 rings (SSSR count). The monoisotopic (exact) mass is 282 g/mol. The smallest absolute Gasteiger partial charge is 0.201 e. The predicted molar refractivity (Wildman–Crippen MR) is 85.7 cm³/mol. The number of hydrogen-bond donors (Lipinski definition) is 2. The van der Waals surface area contributed by atoms with Gasteiger partial charge in [-0.3, -0.25) is 0 Å². The molecule has 0 spiro atoms. The lowest BCUT2D eigenvalue weighted by Gasteiger charge is -2.10. The van der Waals surface area contributed by atoms with Crippen molar-refractivity contribution in [1.29, 1.82) is 0 Å². The van der Waals surface area contributed by atoms with Crippen molar-refractivity contribution in [3.05, 3.63) is 59.7 Å². The van der Waals surface area contributed by atoms with Crippen LogP contribution in [0.25, 0.3) is 12.2 Å². The number of allylic oxidation sites excluding steroid dienone is 2. The molecule has 0 atom stereocenters. The highest BCUT2D eigenvalue weighted by molar-refractivity contribution is 5.61. The van der Waals surface area contributed by atoms with E-state index in [1.54, 1.807) is 6.07 Å². The van der Waals surface area contributed by atoms with Gasteiger partial charge in [-0.15, -0.1) is 0 Å². The summed E-state index contributed by atoms with van der Waals surface area (Å²) in [6, 6.07) is 10.6. The van der Waals surface area contributed by atoms with Gasteiger partial charge in [0.05, 0.1) is 0 Å². The van der Waals surface area contributed by atoms with Crippen LogP contribution >= 0.6 is 0 Å². The number of hydrogen-bond acceptors (Lipinski definition) is 3. The van der Waals surface area contributed by atoms with Gasteiger partial charge in [-0.05, 0) is 49.2 Å². The van der Waals surface area contributed by atoms with Gasteiger partial charge in [0.2, 0.25) is 5.75 Å². The summed E-state index contributed by atoms with van der Waals surface area (Å²) < 4.78 is 5.64. The van der Waals surface area contributed by atoms with Gasteiger partial charge in [0, 0.05) is 0 Å². The standard InChI is InChI=1S/C18H18O3/c1-3-5-13-7-9-15(10-8-13)21-17-12-14(6-4-2)11-16(19)18(17)20/h3-12,19-20H,1-2H3. The first-order valence-electron chi connectivity index (χ1n) is 6.73. The van der Waals surface area contributed by atoms with Crippen molar-refractivity contribution in [3.63, 3.8) is 0 Å². The highest BCUT2D eigenvalue weighted by atomic mass is 16.5. The number of aromatic hydroxyl groups is 2. The van der Waals surface area contributed by atoms with Crippen LogP contribution in [0.5, 0.6) is 23.0 Å². The van der Waals surface area contributed by atoms with Crippen molar-refractivity contribution in [2.24, 2.45) is 0 Å². The molecule has 21 heavy (non-hydrogen) atoms. The first-order chi connectivity index (χ1) is 10.1. The Morgan fingerprint density at radius 3 is 2.10 bits per heavy atom. The third-order valence-corrected chi connectivity index (χ3v) is 2.90. The first kappa shape index (κ1) is 14.7. The molecule has 0 unspecified atom stereocenters. The topological polar surface area (TPSA) is 49.7 Å². The van der Waals surface area contributed by atoms with Crippen LogP contribution in [0.4, 0.5) is 0 Å². The second-order valence-corrected chi connectivity index (χ2v) is 4.56. The Labute approximate surface area is 124 Å². The van der Waals surface area contributed by atoms with Crippen LogP contribution in [0.15, 0.2) is 48.6 Å². The fraction of sp³-hybridized carbons (Fsp3) is 0.111. The van der Waals surface area contributed by atoms with E-state index in [2.05, 4.69) is 0 Å². The van der Waals surface area contributed by atoms with E-state index in [9.17, 15) is 10.2 Å². The van der Waals surface area contributed by atoms with Gasteiger partial charge in [-0.2, -0.15) is 0 Å². The molecule has 0 aliphatic heterocycles. The second-order valence-electron chi connectivity index (χ2n) is 4.56. The van der Waals surface area contributed by atoms with Gasteiger partial charge < -0.3 is 14.9 Å². The molecule has 0 amide bonds. The van der Waals surface area contributed by atoms with Crippen LogP contribution in [0.1, 0.15) is 25.0 Å². The van der Waals surface area contributed by atoms with Crippen LogP contribution in [0, 0.1) is 0 Å². The molecule has 0 saturated heterocycles. The molecule has 3 nitrogen and oxygen atoms in total. The van der Waals surface area contributed by atoms with E-state index in [1.807, 2.05) is 62.4 Å². The number of ether oxygens (including phenoxy) is 1. The summed E-state index contributed by atoms with van der Waals surface area (Å²) >= 11 is 0. The second kappa shape index (κ2) is 6.66. The molecule has 0 aliphatic rings. The summed E-state index contributed by atoms with van der Waals surface area (Å²) in [6.07, 6.45) is 7.61. The molecule has 108 valence electrons. The van der Waals surface area contributed by atoms with Crippen LogP contribution in [0.3, 0.4) is 0 Å². The zero-order valence-electron chi connectivity index (χ0n) is 12.1. The molecule has 0 bridgehead atoms. The van der Waals surface area contributed by atoms with E-state index in [4.69, 9.17) is 4.74 Å². The molecule has 0 saturated carbocycles. The lowest BCUT2D eigenvalue weighted by atomic mass is 10.1. The number of rotatable bonds is 4. The maximum atomic E-state index is 9.88. The Bertz CT molecular complexity index is 668. The van der Waals surface area contributed by atoms with E-state index >= 15 is 0 Å². The van der Waals surface area contributed by atoms with Crippen molar-refractivity contribution in [3.8, 4) is 23.0 Å². The lowest BCUT2D eigenvalue weighted by molar-refractivity contribution is 0.372. The predicted octanol–water partition coefficient (Wildman–Crippen LogP) is 4.96. The fourth-order valence-electron chi connectivity index (χ4n) is 1.95. The van der Waals surface area contributed by atoms with E-state index < -0.39 is 0 Å². The Balaban J connectivity index is 2.29. The zero-order valence-corrected chi connectivity index (χ0v) is 12.1. The van der Waals surface area contributed by atoms with E-state index in [0.29, 0.717) is 5.75 Å². The largest absolute Gasteiger partial charge is 0.504 e. The molecule has 2 aromatic carbocycles. The normalized spacial score (nSPS) is 11.3. The van der Waals surface area contributed by atoms with Gasteiger partial charge in [0.15, 0.2) is 11.5 Å². The molecule has 0 heterocycles. The van der Waals surface area contributed by atoms with Gasteiger partial charge in [0.25, 0.3) is 0 Å². The summed E-state index contributed by atoms with van der Waals surface area (Å²) in [6.45, 7) is 3.84.